The van der Waals surface area contributed by atoms with Crippen LogP contribution in [0.1, 0.15) is 33.6 Å². The highest BCUT2D eigenvalue weighted by molar-refractivity contribution is 7.96. The summed E-state index contributed by atoms with van der Waals surface area (Å²) in [4.78, 5) is 14.2. The molecule has 98 valence electrons. The third-order valence-corrected chi connectivity index (χ3v) is 5.32. The lowest BCUT2D eigenvalue weighted by Crippen LogP contribution is -2.48. The van der Waals surface area contributed by atoms with Crippen molar-refractivity contribution in [2.24, 2.45) is 10.8 Å². The Morgan fingerprint density at radius 2 is 2.00 bits per heavy atom. The van der Waals surface area contributed by atoms with Crippen molar-refractivity contribution >= 4 is 21.6 Å². The van der Waals surface area contributed by atoms with Gasteiger partial charge in [-0.05, 0) is 24.1 Å². The molecule has 0 spiro atoms. The van der Waals surface area contributed by atoms with Crippen LogP contribution in [0.4, 0.5) is 0 Å². The van der Waals surface area contributed by atoms with Crippen LogP contribution in [0, 0.1) is 10.8 Å². The number of nitrogens with zero attached hydrogens (tertiary/aromatic N) is 1. The molecule has 1 heterocycles. The lowest BCUT2D eigenvalue weighted by atomic mass is 9.76. The predicted octanol–water partition coefficient (Wildman–Crippen LogP) is 1.26. The molecule has 0 bridgehead atoms. The van der Waals surface area contributed by atoms with E-state index in [2.05, 4.69) is 26.6 Å². The highest BCUT2D eigenvalue weighted by atomic mass is 32.2. The second-order valence-electron chi connectivity index (χ2n) is 6.10. The van der Waals surface area contributed by atoms with E-state index in [0.29, 0.717) is 12.3 Å². The van der Waals surface area contributed by atoms with Crippen LogP contribution < -0.4 is 0 Å². The van der Waals surface area contributed by atoms with Gasteiger partial charge in [0, 0.05) is 6.54 Å². The molecule has 0 aromatic carbocycles. The molecule has 2 fully saturated rings. The van der Waals surface area contributed by atoms with Gasteiger partial charge in [-0.3, -0.25) is 8.98 Å². The van der Waals surface area contributed by atoms with E-state index in [1.54, 1.807) is 4.90 Å². The molecular formula is C12H21NO3S. The number of rotatable bonds is 1. The van der Waals surface area contributed by atoms with Gasteiger partial charge >= 0.3 is 0 Å². The van der Waals surface area contributed by atoms with Gasteiger partial charge in [-0.15, -0.1) is 0 Å². The molecule has 0 aromatic heterocycles. The van der Waals surface area contributed by atoms with Gasteiger partial charge in [0.05, 0.1) is 21.0 Å². The maximum atomic E-state index is 12.5. The van der Waals surface area contributed by atoms with Crippen molar-refractivity contribution in [3.63, 3.8) is 0 Å². The maximum absolute atomic E-state index is 12.5. The first-order valence-corrected chi connectivity index (χ1v) is 7.79. The van der Waals surface area contributed by atoms with Crippen molar-refractivity contribution < 1.29 is 13.2 Å². The van der Waals surface area contributed by atoms with E-state index < -0.39 is 9.80 Å². The fourth-order valence-electron chi connectivity index (χ4n) is 2.40. The first kappa shape index (κ1) is 12.9. The lowest BCUT2D eigenvalue weighted by Gasteiger charge is -2.36. The lowest BCUT2D eigenvalue weighted by molar-refractivity contribution is -0.144. The van der Waals surface area contributed by atoms with Crippen molar-refractivity contribution in [2.45, 2.75) is 33.6 Å². The summed E-state index contributed by atoms with van der Waals surface area (Å²) in [7, 11) is -2.40. The molecular weight excluding hydrogens is 238 g/mol. The van der Waals surface area contributed by atoms with E-state index in [0.717, 1.165) is 12.8 Å². The van der Waals surface area contributed by atoms with Crippen molar-refractivity contribution in [3.8, 4) is 0 Å². The van der Waals surface area contributed by atoms with E-state index in [-0.39, 0.29) is 23.5 Å². The minimum absolute atomic E-state index is 0.0204. The van der Waals surface area contributed by atoms with E-state index in [1.807, 2.05) is 0 Å². The minimum Gasteiger partial charge on any atom is -0.317 e. The molecule has 0 N–H and O–H groups in total. The Morgan fingerprint density at radius 1 is 1.41 bits per heavy atom. The molecule has 1 amide bonds. The summed E-state index contributed by atoms with van der Waals surface area (Å²) in [6.45, 7) is 6.94. The van der Waals surface area contributed by atoms with Gasteiger partial charge in [-0.2, -0.15) is 0 Å². The van der Waals surface area contributed by atoms with Crippen LogP contribution in [0.5, 0.6) is 0 Å². The Kier molecular flexibility index (Phi) is 2.82. The number of hydrogen-bond donors (Lipinski definition) is 0. The van der Waals surface area contributed by atoms with Gasteiger partial charge in [0.2, 0.25) is 5.91 Å². The van der Waals surface area contributed by atoms with Gasteiger partial charge in [0.1, 0.15) is 6.73 Å². The zero-order valence-electron chi connectivity index (χ0n) is 10.8. The van der Waals surface area contributed by atoms with Crippen LogP contribution in [-0.4, -0.2) is 39.9 Å². The largest absolute Gasteiger partial charge is 0.317 e. The molecule has 1 aliphatic heterocycles. The Labute approximate surface area is 104 Å². The molecule has 1 atom stereocenters. The smallest absolute Gasteiger partial charge is 0.231 e. The third kappa shape index (κ3) is 2.22. The third-order valence-electron chi connectivity index (χ3n) is 3.98. The fourth-order valence-corrected chi connectivity index (χ4v) is 3.34. The quantitative estimate of drug-likeness (QED) is 0.666. The van der Waals surface area contributed by atoms with Crippen molar-refractivity contribution in [1.82, 2.24) is 4.90 Å². The first-order chi connectivity index (χ1) is 7.68. The summed E-state index contributed by atoms with van der Waals surface area (Å²) in [6.07, 6.45) is 1.90. The van der Waals surface area contributed by atoms with Crippen LogP contribution in [0.2, 0.25) is 0 Å². The van der Waals surface area contributed by atoms with Gasteiger partial charge < -0.3 is 4.90 Å². The molecule has 4 nitrogen and oxygen atoms in total. The summed E-state index contributed by atoms with van der Waals surface area (Å²) in [5.74, 6) is 4.02. The number of carbonyl (C=O) groups excluding carboxylic acids is 1. The molecule has 0 radical (unpaired) electrons. The van der Waals surface area contributed by atoms with Crippen LogP contribution in [0.15, 0.2) is 0 Å². The summed E-state index contributed by atoms with van der Waals surface area (Å²) >= 11 is 0. The molecule has 1 saturated carbocycles. The normalized spacial score (nSPS) is 32.3. The monoisotopic (exact) mass is 259 g/mol. The summed E-state index contributed by atoms with van der Waals surface area (Å²) < 4.78 is 16.7. The van der Waals surface area contributed by atoms with Crippen molar-refractivity contribution in [1.29, 1.82) is 0 Å². The predicted molar refractivity (Wildman–Crippen MR) is 68.9 cm³/mol. The standard InChI is InChI=1S/C12H21NO3S/c1-11(2,3)12(5-6-12)10(14)13-7-8-17(4,15)16-9-13/h4-9H2,1-3H3. The molecule has 1 aliphatic carbocycles. The summed E-state index contributed by atoms with van der Waals surface area (Å²) in [5.41, 5.74) is -0.247. The molecule has 2 aliphatic rings. The number of amides is 1. The number of carbonyl (C=O) groups is 1. The highest BCUT2D eigenvalue weighted by Gasteiger charge is 2.59. The van der Waals surface area contributed by atoms with E-state index in [4.69, 9.17) is 4.18 Å². The van der Waals surface area contributed by atoms with Crippen LogP contribution in [-0.2, 0) is 18.8 Å². The van der Waals surface area contributed by atoms with Crippen LogP contribution in [0.25, 0.3) is 0 Å². The van der Waals surface area contributed by atoms with Gasteiger partial charge in [0.25, 0.3) is 0 Å². The van der Waals surface area contributed by atoms with E-state index in [9.17, 15) is 9.00 Å². The molecule has 1 saturated heterocycles. The molecule has 0 aromatic rings. The van der Waals surface area contributed by atoms with Crippen molar-refractivity contribution in [3.05, 3.63) is 0 Å². The van der Waals surface area contributed by atoms with E-state index >= 15 is 0 Å². The maximum Gasteiger partial charge on any atom is 0.231 e. The second kappa shape index (κ2) is 3.72. The summed E-state index contributed by atoms with van der Waals surface area (Å²) in [5, 5.41) is 0. The second-order valence-corrected chi connectivity index (χ2v) is 8.23. The first-order valence-electron chi connectivity index (χ1n) is 5.97. The van der Waals surface area contributed by atoms with Crippen LogP contribution >= 0.6 is 0 Å². The Hall–Kier alpha value is -0.550. The zero-order chi connectivity index (χ0) is 12.9. The van der Waals surface area contributed by atoms with Gasteiger partial charge in [-0.25, -0.2) is 4.21 Å². The average molecular weight is 259 g/mol. The molecule has 17 heavy (non-hydrogen) atoms. The molecule has 1 unspecified atom stereocenters. The van der Waals surface area contributed by atoms with Crippen LogP contribution in [0.3, 0.4) is 0 Å². The topological polar surface area (TPSA) is 46.6 Å². The summed E-state index contributed by atoms with van der Waals surface area (Å²) in [6, 6.07) is 0. The Balaban J connectivity index is 2.08. The van der Waals surface area contributed by atoms with Gasteiger partial charge in [-0.1, -0.05) is 20.8 Å². The fraction of sp³-hybridized carbons (Fsp3) is 0.833. The highest BCUT2D eigenvalue weighted by Crippen LogP contribution is 2.59. The van der Waals surface area contributed by atoms with Gasteiger partial charge in [0.15, 0.2) is 0 Å². The Morgan fingerprint density at radius 3 is 2.35 bits per heavy atom. The molecule has 2 rings (SSSR count). The number of hydrogen-bond acceptors (Lipinski definition) is 3. The molecule has 5 heteroatoms. The Bertz CT molecular complexity index is 415. The van der Waals surface area contributed by atoms with E-state index in [1.165, 1.54) is 0 Å². The zero-order valence-corrected chi connectivity index (χ0v) is 11.6. The SMILES string of the molecule is C=S1(=O)CCN(C(=O)C2(C(C)(C)C)CC2)CO1. The van der Waals surface area contributed by atoms with Crippen molar-refractivity contribution in [2.75, 3.05) is 19.0 Å². The average Bonchev–Trinajstić information content (AvgIpc) is 2.96. The minimum atomic E-state index is -2.40.